The van der Waals surface area contributed by atoms with Gasteiger partial charge in [-0.2, -0.15) is 0 Å². The summed E-state index contributed by atoms with van der Waals surface area (Å²) in [6, 6.07) is 4.87. The molecule has 7 heteroatoms. The molecule has 0 spiro atoms. The molecule has 0 aliphatic heterocycles. The molecule has 0 bridgehead atoms. The van der Waals surface area contributed by atoms with Crippen molar-refractivity contribution in [3.63, 3.8) is 0 Å². The minimum absolute atomic E-state index is 0.0773. The van der Waals surface area contributed by atoms with Crippen molar-refractivity contribution in [2.45, 2.75) is 6.54 Å². The molecule has 0 aliphatic rings. The summed E-state index contributed by atoms with van der Waals surface area (Å²) in [7, 11) is 1.40. The third-order valence-electron chi connectivity index (χ3n) is 2.40. The van der Waals surface area contributed by atoms with Crippen LogP contribution >= 0.6 is 0 Å². The van der Waals surface area contributed by atoms with Gasteiger partial charge in [-0.15, -0.1) is 0 Å². The number of nitrogens with one attached hydrogen (secondary N) is 2. The van der Waals surface area contributed by atoms with Crippen molar-refractivity contribution < 1.29 is 9.66 Å². The zero-order valence-corrected chi connectivity index (χ0v) is 9.71. The molecule has 0 unspecified atom stereocenters. The van der Waals surface area contributed by atoms with Gasteiger partial charge in [0.1, 0.15) is 11.5 Å². The Balaban J connectivity index is 2.24. The number of aromatic nitrogens is 2. The Hall–Kier alpha value is -2.57. The Kier molecular flexibility index (Phi) is 3.42. The van der Waals surface area contributed by atoms with Crippen molar-refractivity contribution >= 4 is 11.4 Å². The molecule has 0 radical (unpaired) electrons. The minimum Gasteiger partial charge on any atom is -0.490 e. The van der Waals surface area contributed by atoms with Gasteiger partial charge < -0.3 is 15.0 Å². The number of methoxy groups -OCH3 is 1. The average molecular weight is 248 g/mol. The molecule has 2 rings (SSSR count). The van der Waals surface area contributed by atoms with Crippen molar-refractivity contribution in [3.8, 4) is 5.75 Å². The molecule has 0 saturated carbocycles. The Bertz CT molecular complexity index is 539. The summed E-state index contributed by atoms with van der Waals surface area (Å²) in [5, 5.41) is 14.0. The summed E-state index contributed by atoms with van der Waals surface area (Å²) in [4.78, 5) is 17.5. The summed E-state index contributed by atoms with van der Waals surface area (Å²) in [6.07, 6.45) is 3.31. The van der Waals surface area contributed by atoms with Crippen LogP contribution < -0.4 is 10.1 Å². The van der Waals surface area contributed by atoms with Gasteiger partial charge in [0.05, 0.1) is 18.6 Å². The number of hydrogen-bond acceptors (Lipinski definition) is 5. The monoisotopic (exact) mass is 248 g/mol. The van der Waals surface area contributed by atoms with Gasteiger partial charge in [-0.3, -0.25) is 10.1 Å². The molecule has 1 aromatic heterocycles. The zero-order chi connectivity index (χ0) is 13.0. The first-order valence-electron chi connectivity index (χ1n) is 5.26. The smallest absolute Gasteiger partial charge is 0.333 e. The molecule has 0 saturated heterocycles. The van der Waals surface area contributed by atoms with E-state index in [0.717, 1.165) is 0 Å². The van der Waals surface area contributed by atoms with Crippen LogP contribution in [0, 0.1) is 10.1 Å². The third-order valence-corrected chi connectivity index (χ3v) is 2.40. The number of imidazole rings is 1. The number of nitrogens with zero attached hydrogens (tertiary/aromatic N) is 2. The van der Waals surface area contributed by atoms with Crippen LogP contribution in [0.1, 0.15) is 5.82 Å². The maximum Gasteiger partial charge on any atom is 0.333 e. The summed E-state index contributed by atoms with van der Waals surface area (Å²) < 4.78 is 4.98. The maximum atomic E-state index is 11.0. The molecule has 94 valence electrons. The molecule has 0 fully saturated rings. The largest absolute Gasteiger partial charge is 0.490 e. The lowest BCUT2D eigenvalue weighted by molar-refractivity contribution is -0.384. The topological polar surface area (TPSA) is 93.1 Å². The van der Waals surface area contributed by atoms with E-state index in [-0.39, 0.29) is 11.4 Å². The van der Waals surface area contributed by atoms with Crippen LogP contribution in [0.3, 0.4) is 0 Å². The van der Waals surface area contributed by atoms with E-state index in [1.807, 2.05) is 0 Å². The molecule has 0 atom stereocenters. The van der Waals surface area contributed by atoms with Gasteiger partial charge in [0, 0.05) is 12.4 Å². The normalized spacial score (nSPS) is 10.1. The standard InChI is InChI=1S/C11H12N4O3/c1-18-9-4-2-3-8(11(9)15(16)17)14-7-10-12-5-6-13-10/h2-6,14H,7H2,1H3,(H,12,13). The molecule has 0 amide bonds. The average Bonchev–Trinajstić information content (AvgIpc) is 2.88. The number of nitro groups is 1. The van der Waals surface area contributed by atoms with Gasteiger partial charge in [0.15, 0.2) is 5.75 Å². The highest BCUT2D eigenvalue weighted by Gasteiger charge is 2.20. The molecule has 2 aromatic rings. The van der Waals surface area contributed by atoms with Crippen LogP contribution in [-0.4, -0.2) is 22.0 Å². The molecule has 1 aromatic carbocycles. The lowest BCUT2D eigenvalue weighted by Crippen LogP contribution is -2.05. The Labute approximate surface area is 103 Å². The van der Waals surface area contributed by atoms with Crippen molar-refractivity contribution in [2.24, 2.45) is 0 Å². The lowest BCUT2D eigenvalue weighted by atomic mass is 10.2. The second-order valence-corrected chi connectivity index (χ2v) is 3.50. The van der Waals surface area contributed by atoms with E-state index in [4.69, 9.17) is 4.74 Å². The number of benzene rings is 1. The second kappa shape index (κ2) is 5.17. The number of H-pyrrole nitrogens is 1. The summed E-state index contributed by atoms with van der Waals surface area (Å²) in [5.74, 6) is 0.927. The zero-order valence-electron chi connectivity index (χ0n) is 9.71. The SMILES string of the molecule is COc1cccc(NCc2ncc[nH]2)c1[N+](=O)[O-]. The van der Waals surface area contributed by atoms with E-state index in [2.05, 4.69) is 15.3 Å². The Morgan fingerprint density at radius 2 is 2.39 bits per heavy atom. The van der Waals surface area contributed by atoms with Crippen molar-refractivity contribution in [1.29, 1.82) is 0 Å². The number of anilines is 1. The first-order chi connectivity index (χ1) is 8.72. The highest BCUT2D eigenvalue weighted by molar-refractivity contribution is 5.68. The van der Waals surface area contributed by atoms with E-state index >= 15 is 0 Å². The maximum absolute atomic E-state index is 11.0. The molecule has 0 aliphatic carbocycles. The van der Waals surface area contributed by atoms with Gasteiger partial charge in [-0.05, 0) is 12.1 Å². The van der Waals surface area contributed by atoms with E-state index < -0.39 is 4.92 Å². The van der Waals surface area contributed by atoms with E-state index in [0.29, 0.717) is 18.1 Å². The van der Waals surface area contributed by atoms with Crippen LogP contribution in [0.2, 0.25) is 0 Å². The molecular weight excluding hydrogens is 236 g/mol. The van der Waals surface area contributed by atoms with Crippen LogP contribution in [-0.2, 0) is 6.54 Å². The number of nitro benzene ring substituents is 1. The number of aromatic amines is 1. The summed E-state index contributed by atoms with van der Waals surface area (Å²) >= 11 is 0. The molecule has 1 heterocycles. The van der Waals surface area contributed by atoms with Crippen LogP contribution in [0.5, 0.6) is 5.75 Å². The van der Waals surface area contributed by atoms with Gasteiger partial charge in [0.25, 0.3) is 0 Å². The summed E-state index contributed by atoms with van der Waals surface area (Å²) in [5.41, 5.74) is 0.322. The number of rotatable bonds is 5. The van der Waals surface area contributed by atoms with E-state index in [9.17, 15) is 10.1 Å². The number of para-hydroxylation sites is 1. The van der Waals surface area contributed by atoms with Crippen LogP contribution in [0.25, 0.3) is 0 Å². The van der Waals surface area contributed by atoms with E-state index in [1.54, 1.807) is 30.6 Å². The highest BCUT2D eigenvalue weighted by Crippen LogP contribution is 2.34. The second-order valence-electron chi connectivity index (χ2n) is 3.50. The van der Waals surface area contributed by atoms with Crippen molar-refractivity contribution in [2.75, 3.05) is 12.4 Å². The van der Waals surface area contributed by atoms with Crippen molar-refractivity contribution in [1.82, 2.24) is 9.97 Å². The van der Waals surface area contributed by atoms with Gasteiger partial charge in [-0.25, -0.2) is 4.98 Å². The Morgan fingerprint density at radius 1 is 1.56 bits per heavy atom. The highest BCUT2D eigenvalue weighted by atomic mass is 16.6. The predicted molar refractivity (Wildman–Crippen MR) is 65.6 cm³/mol. The van der Waals surface area contributed by atoms with Crippen LogP contribution in [0.4, 0.5) is 11.4 Å². The van der Waals surface area contributed by atoms with Gasteiger partial charge in [-0.1, -0.05) is 6.07 Å². The summed E-state index contributed by atoms with van der Waals surface area (Å²) in [6.45, 7) is 0.376. The fourth-order valence-corrected chi connectivity index (χ4v) is 1.59. The van der Waals surface area contributed by atoms with Gasteiger partial charge >= 0.3 is 5.69 Å². The van der Waals surface area contributed by atoms with E-state index in [1.165, 1.54) is 7.11 Å². The fraction of sp³-hybridized carbons (Fsp3) is 0.182. The van der Waals surface area contributed by atoms with Crippen molar-refractivity contribution in [3.05, 3.63) is 46.5 Å². The fourth-order valence-electron chi connectivity index (χ4n) is 1.59. The molecule has 18 heavy (non-hydrogen) atoms. The minimum atomic E-state index is -0.469. The predicted octanol–water partition coefficient (Wildman–Crippen LogP) is 1.94. The molecule has 2 N–H and O–H groups in total. The first kappa shape index (κ1) is 11.9. The number of ether oxygens (including phenoxy) is 1. The third kappa shape index (κ3) is 2.40. The Morgan fingerprint density at radius 3 is 3.00 bits per heavy atom. The molecule has 7 nitrogen and oxygen atoms in total. The number of hydrogen-bond donors (Lipinski definition) is 2. The van der Waals surface area contributed by atoms with Crippen LogP contribution in [0.15, 0.2) is 30.6 Å². The van der Waals surface area contributed by atoms with Gasteiger partial charge in [0.2, 0.25) is 0 Å². The molecular formula is C11H12N4O3. The first-order valence-corrected chi connectivity index (χ1v) is 5.26. The lowest BCUT2D eigenvalue weighted by Gasteiger charge is -2.08. The quantitative estimate of drug-likeness (QED) is 0.623.